The van der Waals surface area contributed by atoms with E-state index < -0.39 is 5.72 Å². The molecule has 2 aromatic rings. The van der Waals surface area contributed by atoms with Gasteiger partial charge in [0.15, 0.2) is 5.76 Å². The van der Waals surface area contributed by atoms with Gasteiger partial charge in [0.05, 0.1) is 18.4 Å². The molecule has 6 nitrogen and oxygen atoms in total. The molecule has 1 fully saturated rings. The molecule has 0 radical (unpaired) electrons. The number of rotatable bonds is 1. The molecule has 0 bridgehead atoms. The number of amides is 2. The van der Waals surface area contributed by atoms with Gasteiger partial charge in [-0.2, -0.15) is 0 Å². The molecule has 0 aliphatic carbocycles. The van der Waals surface area contributed by atoms with Crippen molar-refractivity contribution in [2.45, 2.75) is 18.6 Å². The zero-order chi connectivity index (χ0) is 15.9. The largest absolute Gasteiger partial charge is 0.465 e. The Hall–Kier alpha value is -2.76. The highest BCUT2D eigenvalue weighted by molar-refractivity contribution is 5.98. The summed E-state index contributed by atoms with van der Waals surface area (Å²) in [5, 5.41) is 2.93. The number of ether oxygens (including phenoxy) is 1. The average Bonchev–Trinajstić information content (AvgIpc) is 3.08. The molecule has 2 aliphatic rings. The number of benzene rings is 1. The van der Waals surface area contributed by atoms with E-state index in [1.807, 2.05) is 6.07 Å². The van der Waals surface area contributed by atoms with Crippen LogP contribution in [-0.2, 0) is 0 Å². The summed E-state index contributed by atoms with van der Waals surface area (Å²) in [7, 11) is 0. The SMILES string of the molecule is O=C1N[C@]2(CCCN(C(=O)c3ccco3)C2)Oc2ccccc21. The zero-order valence-corrected chi connectivity index (χ0v) is 12.5. The quantitative estimate of drug-likeness (QED) is 0.874. The molecule has 4 rings (SSSR count). The van der Waals surface area contributed by atoms with Crippen molar-refractivity contribution in [1.82, 2.24) is 10.2 Å². The first kappa shape index (κ1) is 13.9. The van der Waals surface area contributed by atoms with Crippen LogP contribution in [0.25, 0.3) is 0 Å². The van der Waals surface area contributed by atoms with E-state index in [1.54, 1.807) is 35.2 Å². The van der Waals surface area contributed by atoms with E-state index in [2.05, 4.69) is 5.32 Å². The maximum Gasteiger partial charge on any atom is 0.289 e. The number of nitrogens with one attached hydrogen (secondary N) is 1. The lowest BCUT2D eigenvalue weighted by molar-refractivity contribution is -0.0320. The van der Waals surface area contributed by atoms with Crippen LogP contribution in [0.4, 0.5) is 0 Å². The maximum atomic E-state index is 12.5. The smallest absolute Gasteiger partial charge is 0.289 e. The summed E-state index contributed by atoms with van der Waals surface area (Å²) in [6, 6.07) is 10.5. The van der Waals surface area contributed by atoms with Gasteiger partial charge in [0.25, 0.3) is 11.8 Å². The van der Waals surface area contributed by atoms with Crippen molar-refractivity contribution >= 4 is 11.8 Å². The predicted octanol–water partition coefficient (Wildman–Crippen LogP) is 2.03. The summed E-state index contributed by atoms with van der Waals surface area (Å²) in [6.07, 6.45) is 2.88. The van der Waals surface area contributed by atoms with E-state index in [-0.39, 0.29) is 11.8 Å². The standard InChI is InChI=1S/C17H16N2O4/c20-15-12-5-1-2-6-13(12)23-17(18-15)8-4-9-19(11-17)16(21)14-7-3-10-22-14/h1-3,5-7,10H,4,8-9,11H2,(H,18,20)/t17-/m1/s1. The molecule has 23 heavy (non-hydrogen) atoms. The average molecular weight is 312 g/mol. The molecule has 0 unspecified atom stereocenters. The second-order valence-corrected chi connectivity index (χ2v) is 5.85. The Bertz CT molecular complexity index is 756. The molecule has 1 aromatic carbocycles. The van der Waals surface area contributed by atoms with Crippen molar-refractivity contribution in [3.8, 4) is 5.75 Å². The molecule has 118 valence electrons. The lowest BCUT2D eigenvalue weighted by Gasteiger charge is -2.45. The molecule has 2 amide bonds. The van der Waals surface area contributed by atoms with E-state index in [1.165, 1.54) is 6.26 Å². The minimum atomic E-state index is -0.869. The number of para-hydroxylation sites is 1. The fourth-order valence-corrected chi connectivity index (χ4v) is 3.19. The number of likely N-dealkylation sites (tertiary alicyclic amines) is 1. The number of piperidine rings is 1. The molecule has 0 saturated carbocycles. The Kier molecular flexibility index (Phi) is 3.11. The Morgan fingerprint density at radius 2 is 2.09 bits per heavy atom. The van der Waals surface area contributed by atoms with Gasteiger partial charge in [-0.25, -0.2) is 0 Å². The third-order valence-corrected chi connectivity index (χ3v) is 4.25. The topological polar surface area (TPSA) is 71.8 Å². The summed E-state index contributed by atoms with van der Waals surface area (Å²) in [5.41, 5.74) is -0.348. The summed E-state index contributed by atoms with van der Waals surface area (Å²) in [6.45, 7) is 0.911. The van der Waals surface area contributed by atoms with E-state index in [4.69, 9.17) is 9.15 Å². The first-order chi connectivity index (χ1) is 11.2. The fraction of sp³-hybridized carbons (Fsp3) is 0.294. The summed E-state index contributed by atoms with van der Waals surface area (Å²) in [4.78, 5) is 26.5. The first-order valence-electron chi connectivity index (χ1n) is 7.60. The highest BCUT2D eigenvalue weighted by Gasteiger charge is 2.44. The molecule has 6 heteroatoms. The van der Waals surface area contributed by atoms with Crippen LogP contribution in [0, 0.1) is 0 Å². The van der Waals surface area contributed by atoms with Gasteiger partial charge in [-0.05, 0) is 30.7 Å². The van der Waals surface area contributed by atoms with Crippen LogP contribution in [0.15, 0.2) is 47.1 Å². The third kappa shape index (κ3) is 2.36. The molecule has 1 N–H and O–H groups in total. The van der Waals surface area contributed by atoms with Crippen LogP contribution in [-0.4, -0.2) is 35.5 Å². The van der Waals surface area contributed by atoms with Crippen molar-refractivity contribution in [3.05, 3.63) is 54.0 Å². The first-order valence-corrected chi connectivity index (χ1v) is 7.60. The number of nitrogens with zero attached hydrogens (tertiary/aromatic N) is 1. The van der Waals surface area contributed by atoms with Crippen LogP contribution in [0.3, 0.4) is 0 Å². The molecule has 1 aromatic heterocycles. The monoisotopic (exact) mass is 312 g/mol. The number of furan rings is 1. The second kappa shape index (κ2) is 5.15. The minimum absolute atomic E-state index is 0.167. The Balaban J connectivity index is 1.60. The molecule has 1 saturated heterocycles. The van der Waals surface area contributed by atoms with Crippen LogP contribution in [0.2, 0.25) is 0 Å². The van der Waals surface area contributed by atoms with E-state index in [0.29, 0.717) is 36.6 Å². The number of hydrogen-bond donors (Lipinski definition) is 1. The molecular weight excluding hydrogens is 296 g/mol. The van der Waals surface area contributed by atoms with Gasteiger partial charge >= 0.3 is 0 Å². The van der Waals surface area contributed by atoms with E-state index in [0.717, 1.165) is 6.42 Å². The minimum Gasteiger partial charge on any atom is -0.465 e. The lowest BCUT2D eigenvalue weighted by atomic mass is 9.97. The van der Waals surface area contributed by atoms with Gasteiger partial charge in [-0.3, -0.25) is 9.59 Å². The highest BCUT2D eigenvalue weighted by Crippen LogP contribution is 2.32. The fourth-order valence-electron chi connectivity index (χ4n) is 3.19. The van der Waals surface area contributed by atoms with Crippen molar-refractivity contribution in [2.24, 2.45) is 0 Å². The van der Waals surface area contributed by atoms with Gasteiger partial charge in [-0.1, -0.05) is 12.1 Å². The highest BCUT2D eigenvalue weighted by atomic mass is 16.5. The van der Waals surface area contributed by atoms with Crippen LogP contribution in [0.5, 0.6) is 5.75 Å². The van der Waals surface area contributed by atoms with E-state index >= 15 is 0 Å². The normalized spacial score (nSPS) is 23.1. The van der Waals surface area contributed by atoms with Crippen LogP contribution >= 0.6 is 0 Å². The zero-order valence-electron chi connectivity index (χ0n) is 12.5. The van der Waals surface area contributed by atoms with Gasteiger partial charge in [0, 0.05) is 13.0 Å². The molecule has 2 aliphatic heterocycles. The Labute approximate surface area is 133 Å². The van der Waals surface area contributed by atoms with Crippen molar-refractivity contribution in [1.29, 1.82) is 0 Å². The number of carbonyl (C=O) groups excluding carboxylic acids is 2. The third-order valence-electron chi connectivity index (χ3n) is 4.25. The number of fused-ring (bicyclic) bond motifs is 1. The van der Waals surface area contributed by atoms with Crippen molar-refractivity contribution < 1.29 is 18.7 Å². The number of hydrogen-bond acceptors (Lipinski definition) is 4. The van der Waals surface area contributed by atoms with Crippen molar-refractivity contribution in [3.63, 3.8) is 0 Å². The van der Waals surface area contributed by atoms with Crippen molar-refractivity contribution in [2.75, 3.05) is 13.1 Å². The molecular formula is C17H16N2O4. The van der Waals surface area contributed by atoms with E-state index in [9.17, 15) is 9.59 Å². The van der Waals surface area contributed by atoms with Crippen LogP contribution in [0.1, 0.15) is 33.8 Å². The van der Waals surface area contributed by atoms with Gasteiger partial charge in [0.1, 0.15) is 5.75 Å². The Morgan fingerprint density at radius 3 is 2.91 bits per heavy atom. The molecule has 1 atom stereocenters. The molecule has 1 spiro atoms. The Morgan fingerprint density at radius 1 is 1.22 bits per heavy atom. The summed E-state index contributed by atoms with van der Waals surface area (Å²) in [5.74, 6) is 0.498. The second-order valence-electron chi connectivity index (χ2n) is 5.85. The van der Waals surface area contributed by atoms with Crippen LogP contribution < -0.4 is 10.1 Å². The molecule has 3 heterocycles. The lowest BCUT2D eigenvalue weighted by Crippen LogP contribution is -2.64. The van der Waals surface area contributed by atoms with Gasteiger partial charge in [0.2, 0.25) is 5.72 Å². The summed E-state index contributed by atoms with van der Waals surface area (Å²) >= 11 is 0. The predicted molar refractivity (Wildman–Crippen MR) is 81.1 cm³/mol. The van der Waals surface area contributed by atoms with Gasteiger partial charge in [-0.15, -0.1) is 0 Å². The van der Waals surface area contributed by atoms with Gasteiger partial charge < -0.3 is 19.4 Å². The summed E-state index contributed by atoms with van der Waals surface area (Å²) < 4.78 is 11.3. The number of carbonyl (C=O) groups is 2. The maximum absolute atomic E-state index is 12.5.